The molecule has 71 heavy (non-hydrogen) atoms. The fourth-order valence-corrected chi connectivity index (χ4v) is 7.01. The van der Waals surface area contributed by atoms with Gasteiger partial charge in [-0.2, -0.15) is 0 Å². The maximum absolute atomic E-state index is 12.9. The predicted molar refractivity (Wildman–Crippen MR) is 306 cm³/mol. The summed E-state index contributed by atoms with van der Waals surface area (Å²) in [4.78, 5) is 38.1. The highest BCUT2D eigenvalue weighted by atomic mass is 16.6. The van der Waals surface area contributed by atoms with E-state index < -0.39 is 6.10 Å². The van der Waals surface area contributed by atoms with Crippen LogP contribution in [0.1, 0.15) is 213 Å². The van der Waals surface area contributed by atoms with Crippen molar-refractivity contribution < 1.29 is 28.6 Å². The fraction of sp³-hybridized carbons (Fsp3) is 0.554. The molecule has 0 rings (SSSR count). The normalized spacial score (nSPS) is 13.3. The van der Waals surface area contributed by atoms with Crippen molar-refractivity contribution in [2.24, 2.45) is 0 Å². The van der Waals surface area contributed by atoms with Gasteiger partial charge in [0, 0.05) is 19.3 Å². The minimum atomic E-state index is -0.837. The molecule has 0 aromatic heterocycles. The van der Waals surface area contributed by atoms with Crippen molar-refractivity contribution in [1.82, 2.24) is 0 Å². The van der Waals surface area contributed by atoms with Crippen LogP contribution in [0, 0.1) is 0 Å². The van der Waals surface area contributed by atoms with Gasteiger partial charge in [0.05, 0.1) is 0 Å². The molecule has 0 aromatic carbocycles. The SMILES string of the molecule is CC\C=C/C=C\C=C/C=C\C=C/CCCCCC(=O)OCC(COC(=O)CC/C=C\C/C=C\C/C=C\C/C=C\C/C=C\C/C=C\CC)OC(=O)CCCCCCCCCCCC/C=C\C=C/CCCCC. The molecule has 0 aliphatic carbocycles. The Morgan fingerprint density at radius 1 is 0.310 bits per heavy atom. The summed E-state index contributed by atoms with van der Waals surface area (Å²) in [6.07, 6.45) is 83.8. The maximum Gasteiger partial charge on any atom is 0.306 e. The number of esters is 3. The van der Waals surface area contributed by atoms with Crippen LogP contribution in [-0.2, 0) is 28.6 Å². The highest BCUT2D eigenvalue weighted by Crippen LogP contribution is 2.14. The van der Waals surface area contributed by atoms with Gasteiger partial charge in [0.2, 0.25) is 0 Å². The van der Waals surface area contributed by atoms with Crippen LogP contribution >= 0.6 is 0 Å². The van der Waals surface area contributed by atoms with Crippen LogP contribution in [0.15, 0.2) is 158 Å². The third-order valence-corrected chi connectivity index (χ3v) is 11.2. The molecule has 0 N–H and O–H groups in total. The molecule has 0 amide bonds. The number of allylic oxidation sites excluding steroid dienone is 26. The molecule has 0 aromatic rings. The number of carbonyl (C=O) groups is 3. The lowest BCUT2D eigenvalue weighted by molar-refractivity contribution is -0.166. The van der Waals surface area contributed by atoms with Crippen molar-refractivity contribution in [3.63, 3.8) is 0 Å². The standard InChI is InChI=1S/C65H100O6/c1-4-7-10-13-16-19-22-25-28-30-32-34-37-40-43-46-49-52-55-58-64(67)70-61-62(60-69-63(66)57-54-51-48-45-42-39-36-27-24-21-18-15-12-9-6-3)71-65(68)59-56-53-50-47-44-41-38-35-33-31-29-26-23-20-17-14-11-8-5-2/h7,9-10,12,15-21,23-28,32,34,36,39-40,42-43,49,52,62H,4-6,8,11,13-14,22,29-31,33,35,37-38,41,44-48,50-51,53-61H2,1-3H3/b10-7-,12-9-,18-15-,19-16-,20-17-,24-21-,26-23-,28-25-,34-32-,36-27-,42-39-,43-40-,52-49-. The predicted octanol–water partition coefficient (Wildman–Crippen LogP) is 19.0. The molecule has 0 saturated carbocycles. The first-order valence-corrected chi connectivity index (χ1v) is 28.1. The molecule has 0 aliphatic rings. The van der Waals surface area contributed by atoms with Crippen LogP contribution in [0.2, 0.25) is 0 Å². The van der Waals surface area contributed by atoms with Crippen LogP contribution in [0.3, 0.4) is 0 Å². The molecule has 0 radical (unpaired) electrons. The third-order valence-electron chi connectivity index (χ3n) is 11.2. The Kier molecular flexibility index (Phi) is 53.6. The van der Waals surface area contributed by atoms with E-state index in [1.54, 1.807) is 0 Å². The summed E-state index contributed by atoms with van der Waals surface area (Å²) < 4.78 is 16.7. The van der Waals surface area contributed by atoms with Crippen LogP contribution in [0.4, 0.5) is 0 Å². The quantitative estimate of drug-likeness (QED) is 0.0199. The summed E-state index contributed by atoms with van der Waals surface area (Å²) in [5, 5.41) is 0. The second kappa shape index (κ2) is 57.6. The minimum Gasteiger partial charge on any atom is -0.462 e. The van der Waals surface area contributed by atoms with Crippen molar-refractivity contribution >= 4 is 17.9 Å². The summed E-state index contributed by atoms with van der Waals surface area (Å²) in [5.41, 5.74) is 0. The zero-order valence-corrected chi connectivity index (χ0v) is 45.2. The average Bonchev–Trinajstić information content (AvgIpc) is 3.37. The minimum absolute atomic E-state index is 0.132. The van der Waals surface area contributed by atoms with Crippen molar-refractivity contribution in [3.05, 3.63) is 158 Å². The van der Waals surface area contributed by atoms with E-state index in [2.05, 4.69) is 118 Å². The fourth-order valence-electron chi connectivity index (χ4n) is 7.01. The number of unbranched alkanes of at least 4 members (excludes halogenated alkanes) is 16. The molecule has 396 valence electrons. The van der Waals surface area contributed by atoms with Gasteiger partial charge in [-0.05, 0) is 103 Å². The van der Waals surface area contributed by atoms with Crippen molar-refractivity contribution in [1.29, 1.82) is 0 Å². The van der Waals surface area contributed by atoms with Gasteiger partial charge in [0.15, 0.2) is 6.10 Å². The van der Waals surface area contributed by atoms with Gasteiger partial charge in [0.25, 0.3) is 0 Å². The Bertz CT molecular complexity index is 1640. The molecule has 6 heteroatoms. The van der Waals surface area contributed by atoms with Gasteiger partial charge in [-0.15, -0.1) is 0 Å². The van der Waals surface area contributed by atoms with Crippen LogP contribution < -0.4 is 0 Å². The third kappa shape index (κ3) is 55.8. The van der Waals surface area contributed by atoms with Gasteiger partial charge >= 0.3 is 17.9 Å². The summed E-state index contributed by atoms with van der Waals surface area (Å²) in [6.45, 7) is 6.23. The zero-order valence-electron chi connectivity index (χ0n) is 45.2. The topological polar surface area (TPSA) is 78.9 Å². The lowest BCUT2D eigenvalue weighted by Gasteiger charge is -2.18. The summed E-state index contributed by atoms with van der Waals surface area (Å²) >= 11 is 0. The molecular formula is C65H100O6. The molecule has 0 aliphatic heterocycles. The van der Waals surface area contributed by atoms with Crippen LogP contribution in [0.25, 0.3) is 0 Å². The average molecular weight is 978 g/mol. The molecule has 0 spiro atoms. The molecule has 0 saturated heterocycles. The van der Waals surface area contributed by atoms with E-state index in [0.29, 0.717) is 19.3 Å². The summed E-state index contributed by atoms with van der Waals surface area (Å²) in [5.74, 6) is -1.07. The molecule has 1 unspecified atom stereocenters. The van der Waals surface area contributed by atoms with Gasteiger partial charge in [0.1, 0.15) is 13.2 Å². The highest BCUT2D eigenvalue weighted by Gasteiger charge is 2.19. The Balaban J connectivity index is 4.59. The van der Waals surface area contributed by atoms with Crippen molar-refractivity contribution in [2.45, 2.75) is 219 Å². The van der Waals surface area contributed by atoms with Crippen LogP contribution in [-0.4, -0.2) is 37.2 Å². The van der Waals surface area contributed by atoms with Crippen LogP contribution in [0.5, 0.6) is 0 Å². The van der Waals surface area contributed by atoms with Gasteiger partial charge in [-0.25, -0.2) is 0 Å². The smallest absolute Gasteiger partial charge is 0.306 e. The molecule has 6 nitrogen and oxygen atoms in total. The van der Waals surface area contributed by atoms with E-state index >= 15 is 0 Å². The lowest BCUT2D eigenvalue weighted by atomic mass is 10.1. The first-order chi connectivity index (χ1) is 35.0. The van der Waals surface area contributed by atoms with Crippen molar-refractivity contribution in [2.75, 3.05) is 13.2 Å². The highest BCUT2D eigenvalue weighted by molar-refractivity contribution is 5.71. The Hall–Kier alpha value is -4.97. The van der Waals surface area contributed by atoms with E-state index in [1.807, 2.05) is 60.8 Å². The van der Waals surface area contributed by atoms with E-state index in [4.69, 9.17) is 14.2 Å². The van der Waals surface area contributed by atoms with Gasteiger partial charge in [-0.1, -0.05) is 249 Å². The number of carbonyl (C=O) groups excluding carboxylic acids is 3. The number of hydrogen-bond donors (Lipinski definition) is 0. The Morgan fingerprint density at radius 3 is 1.11 bits per heavy atom. The molecule has 0 bridgehead atoms. The zero-order chi connectivity index (χ0) is 51.4. The van der Waals surface area contributed by atoms with E-state index in [-0.39, 0.29) is 44.0 Å². The van der Waals surface area contributed by atoms with E-state index in [1.165, 1.54) is 70.6 Å². The van der Waals surface area contributed by atoms with Crippen molar-refractivity contribution in [3.8, 4) is 0 Å². The second-order valence-corrected chi connectivity index (χ2v) is 17.9. The van der Waals surface area contributed by atoms with Gasteiger partial charge < -0.3 is 14.2 Å². The number of ether oxygens (including phenoxy) is 3. The first-order valence-electron chi connectivity index (χ1n) is 28.1. The summed E-state index contributed by atoms with van der Waals surface area (Å²) in [7, 11) is 0. The summed E-state index contributed by atoms with van der Waals surface area (Å²) in [6, 6.07) is 0. The maximum atomic E-state index is 12.9. The second-order valence-electron chi connectivity index (χ2n) is 17.9. The molecule has 0 heterocycles. The number of hydrogen-bond acceptors (Lipinski definition) is 6. The Labute approximate surface area is 435 Å². The van der Waals surface area contributed by atoms with Gasteiger partial charge in [-0.3, -0.25) is 14.4 Å². The van der Waals surface area contributed by atoms with E-state index in [9.17, 15) is 14.4 Å². The first kappa shape index (κ1) is 66.0. The Morgan fingerprint density at radius 2 is 0.648 bits per heavy atom. The lowest BCUT2D eigenvalue weighted by Crippen LogP contribution is -2.30. The van der Waals surface area contributed by atoms with E-state index in [0.717, 1.165) is 89.9 Å². The molecular weight excluding hydrogens is 877 g/mol. The molecule has 1 atom stereocenters. The largest absolute Gasteiger partial charge is 0.462 e. The molecule has 0 fully saturated rings. The number of rotatable bonds is 48. The monoisotopic (exact) mass is 977 g/mol.